The molecule has 5 rings (SSSR count). The summed E-state index contributed by atoms with van der Waals surface area (Å²) in [7, 11) is 0. The van der Waals surface area contributed by atoms with E-state index in [4.69, 9.17) is 0 Å². The summed E-state index contributed by atoms with van der Waals surface area (Å²) in [4.78, 5) is 1.19. The van der Waals surface area contributed by atoms with Crippen molar-refractivity contribution in [3.63, 3.8) is 0 Å². The van der Waals surface area contributed by atoms with Crippen molar-refractivity contribution in [2.24, 2.45) is 0 Å². The van der Waals surface area contributed by atoms with Crippen LogP contribution in [0.4, 0.5) is 4.39 Å². The predicted molar refractivity (Wildman–Crippen MR) is 139 cm³/mol. The van der Waals surface area contributed by atoms with Crippen molar-refractivity contribution >= 4 is 34.1 Å². The van der Waals surface area contributed by atoms with E-state index in [2.05, 4.69) is 66.6 Å². The van der Waals surface area contributed by atoms with E-state index in [-0.39, 0.29) is 5.82 Å². The van der Waals surface area contributed by atoms with Crippen LogP contribution in [-0.2, 0) is 0 Å². The molecule has 0 saturated heterocycles. The summed E-state index contributed by atoms with van der Waals surface area (Å²) in [5, 5.41) is 8.97. The highest BCUT2D eigenvalue weighted by Gasteiger charge is 2.19. The molecule has 0 aliphatic carbocycles. The number of thioether (sulfide) groups is 1. The van der Waals surface area contributed by atoms with Crippen molar-refractivity contribution in [1.29, 1.82) is 0 Å². The molecule has 0 atom stereocenters. The Balaban J connectivity index is 1.79. The molecule has 0 N–H and O–H groups in total. The number of halogens is 1. The Bertz CT molecular complexity index is 1470. The van der Waals surface area contributed by atoms with E-state index >= 15 is 0 Å². The monoisotopic (exact) mass is 465 g/mol. The Morgan fingerprint density at radius 2 is 1.59 bits per heavy atom. The normalized spacial score (nSPS) is 12.1. The molecule has 5 heteroatoms. The van der Waals surface area contributed by atoms with E-state index in [1.54, 1.807) is 11.8 Å². The van der Waals surface area contributed by atoms with Crippen LogP contribution >= 0.6 is 11.8 Å². The molecule has 0 aliphatic rings. The van der Waals surface area contributed by atoms with Gasteiger partial charge < -0.3 is 0 Å². The maximum Gasteiger partial charge on any atom is 0.123 e. The molecule has 0 radical (unpaired) electrons. The maximum absolute atomic E-state index is 13.9. The number of benzene rings is 4. The molecule has 1 aromatic heterocycles. The first-order valence-corrected chi connectivity index (χ1v) is 12.1. The summed E-state index contributed by atoms with van der Waals surface area (Å²) in [6.07, 6.45) is 0. The second-order valence-electron chi connectivity index (χ2n) is 8.24. The largest absolute Gasteiger partial charge is 0.212 e. The molecular weight excluding hydrogens is 441 g/mol. The Labute approximate surface area is 203 Å². The Kier molecular flexibility index (Phi) is 6.28. The number of nitrogens with zero attached hydrogens (tertiary/aromatic N) is 3. The summed E-state index contributed by atoms with van der Waals surface area (Å²) in [6, 6.07) is 31.4. The van der Waals surface area contributed by atoms with Crippen LogP contribution in [0.3, 0.4) is 0 Å². The highest BCUT2D eigenvalue weighted by molar-refractivity contribution is 7.99. The minimum atomic E-state index is -0.265. The van der Waals surface area contributed by atoms with Crippen LogP contribution < -0.4 is 0 Å². The standard InChI is InChI=1S/C29H24FN3S/c1-20-12-13-21(2)25(18-20)26(19-34-24-8-4-3-5-9-24)29(22-14-16-23(30)17-15-22)33-28-11-7-6-10-27(28)31-32-33/h3-18H,19H2,1-2H3/b29-26-. The average Bonchev–Trinajstić information content (AvgIpc) is 3.29. The highest BCUT2D eigenvalue weighted by Crippen LogP contribution is 2.36. The predicted octanol–water partition coefficient (Wildman–Crippen LogP) is 7.40. The number of hydrogen-bond donors (Lipinski definition) is 0. The van der Waals surface area contributed by atoms with Gasteiger partial charge in [0.2, 0.25) is 0 Å². The lowest BCUT2D eigenvalue weighted by Gasteiger charge is -2.19. The third kappa shape index (κ3) is 4.52. The molecule has 4 aromatic carbocycles. The van der Waals surface area contributed by atoms with Crippen LogP contribution in [-0.4, -0.2) is 20.7 Å². The molecular formula is C29H24FN3S. The maximum atomic E-state index is 13.9. The average molecular weight is 466 g/mol. The Hall–Kier alpha value is -3.70. The molecule has 0 aliphatic heterocycles. The number of para-hydroxylation sites is 1. The molecule has 3 nitrogen and oxygen atoms in total. The van der Waals surface area contributed by atoms with Gasteiger partial charge in [-0.3, -0.25) is 0 Å². The lowest BCUT2D eigenvalue weighted by molar-refractivity contribution is 0.627. The van der Waals surface area contributed by atoms with Crippen molar-refractivity contribution in [3.8, 4) is 0 Å². The molecule has 34 heavy (non-hydrogen) atoms. The van der Waals surface area contributed by atoms with Gasteiger partial charge in [-0.05, 0) is 79.1 Å². The topological polar surface area (TPSA) is 30.7 Å². The summed E-state index contributed by atoms with van der Waals surface area (Å²) in [6.45, 7) is 4.23. The molecule has 0 saturated carbocycles. The van der Waals surface area contributed by atoms with Crippen LogP contribution in [0.2, 0.25) is 0 Å². The molecule has 0 fully saturated rings. The van der Waals surface area contributed by atoms with Gasteiger partial charge in [-0.15, -0.1) is 16.9 Å². The minimum absolute atomic E-state index is 0.265. The van der Waals surface area contributed by atoms with Crippen molar-refractivity contribution in [1.82, 2.24) is 15.0 Å². The summed E-state index contributed by atoms with van der Waals surface area (Å²) < 4.78 is 15.8. The number of hydrogen-bond acceptors (Lipinski definition) is 3. The van der Waals surface area contributed by atoms with Gasteiger partial charge in [0, 0.05) is 16.2 Å². The Morgan fingerprint density at radius 1 is 0.853 bits per heavy atom. The lowest BCUT2D eigenvalue weighted by Crippen LogP contribution is -2.08. The van der Waals surface area contributed by atoms with Gasteiger partial charge in [-0.25, -0.2) is 9.07 Å². The quantitative estimate of drug-likeness (QED) is 0.193. The first-order valence-electron chi connectivity index (χ1n) is 11.2. The fourth-order valence-corrected chi connectivity index (χ4v) is 5.03. The van der Waals surface area contributed by atoms with E-state index < -0.39 is 0 Å². The molecule has 0 bridgehead atoms. The fraction of sp³-hybridized carbons (Fsp3) is 0.103. The first kappa shape index (κ1) is 22.1. The summed E-state index contributed by atoms with van der Waals surface area (Å²) in [5.74, 6) is 0.452. The van der Waals surface area contributed by atoms with E-state index in [1.807, 2.05) is 47.1 Å². The smallest absolute Gasteiger partial charge is 0.123 e. The molecule has 0 unspecified atom stereocenters. The SMILES string of the molecule is Cc1ccc(C)c(/C(CSc2ccccc2)=C(/c2ccc(F)cc2)n2nnc3ccccc32)c1. The first-order chi connectivity index (χ1) is 16.6. The van der Waals surface area contributed by atoms with Gasteiger partial charge in [-0.2, -0.15) is 0 Å². The third-order valence-corrected chi connectivity index (χ3v) is 6.85. The van der Waals surface area contributed by atoms with Gasteiger partial charge in [0.05, 0.1) is 11.2 Å². The van der Waals surface area contributed by atoms with Gasteiger partial charge in [0.15, 0.2) is 0 Å². The van der Waals surface area contributed by atoms with E-state index in [1.165, 1.54) is 28.2 Å². The van der Waals surface area contributed by atoms with Crippen molar-refractivity contribution < 1.29 is 4.39 Å². The zero-order valence-electron chi connectivity index (χ0n) is 19.1. The van der Waals surface area contributed by atoms with Gasteiger partial charge in [-0.1, -0.05) is 59.3 Å². The van der Waals surface area contributed by atoms with E-state index in [9.17, 15) is 4.39 Å². The highest BCUT2D eigenvalue weighted by atomic mass is 32.2. The van der Waals surface area contributed by atoms with Crippen molar-refractivity contribution in [3.05, 3.63) is 125 Å². The second-order valence-corrected chi connectivity index (χ2v) is 9.29. The number of aryl methyl sites for hydroxylation is 2. The van der Waals surface area contributed by atoms with Crippen molar-refractivity contribution in [2.45, 2.75) is 18.7 Å². The zero-order chi connectivity index (χ0) is 23.5. The number of aromatic nitrogens is 3. The van der Waals surface area contributed by atoms with Gasteiger partial charge in [0.25, 0.3) is 0 Å². The zero-order valence-corrected chi connectivity index (χ0v) is 19.9. The van der Waals surface area contributed by atoms with Crippen LogP contribution in [0.5, 0.6) is 0 Å². The molecule has 5 aromatic rings. The summed E-state index contributed by atoms with van der Waals surface area (Å²) in [5.41, 5.74) is 8.17. The van der Waals surface area contributed by atoms with Crippen LogP contribution in [0.1, 0.15) is 22.3 Å². The molecule has 1 heterocycles. The number of fused-ring (bicyclic) bond motifs is 1. The van der Waals surface area contributed by atoms with Crippen LogP contribution in [0.15, 0.2) is 102 Å². The van der Waals surface area contributed by atoms with Crippen LogP contribution in [0.25, 0.3) is 22.3 Å². The van der Waals surface area contributed by atoms with Gasteiger partial charge >= 0.3 is 0 Å². The number of rotatable bonds is 6. The molecule has 168 valence electrons. The summed E-state index contributed by atoms with van der Waals surface area (Å²) >= 11 is 1.77. The second kappa shape index (κ2) is 9.65. The van der Waals surface area contributed by atoms with Crippen LogP contribution in [0, 0.1) is 19.7 Å². The lowest BCUT2D eigenvalue weighted by atomic mass is 9.95. The van der Waals surface area contributed by atoms with Gasteiger partial charge in [0.1, 0.15) is 11.3 Å². The molecule has 0 amide bonds. The van der Waals surface area contributed by atoms with Crippen molar-refractivity contribution in [2.75, 3.05) is 5.75 Å². The fourth-order valence-electron chi connectivity index (χ4n) is 4.07. The minimum Gasteiger partial charge on any atom is -0.212 e. The third-order valence-electron chi connectivity index (χ3n) is 5.81. The molecule has 0 spiro atoms. The van der Waals surface area contributed by atoms with E-state index in [0.29, 0.717) is 0 Å². The Morgan fingerprint density at radius 3 is 2.38 bits per heavy atom. The van der Waals surface area contributed by atoms with E-state index in [0.717, 1.165) is 39.2 Å².